The lowest BCUT2D eigenvalue weighted by atomic mass is 9.82. The first-order chi connectivity index (χ1) is 8.15. The Labute approximate surface area is 102 Å². The van der Waals surface area contributed by atoms with E-state index in [-0.39, 0.29) is 5.41 Å². The van der Waals surface area contributed by atoms with Gasteiger partial charge in [-0.05, 0) is 19.8 Å². The predicted molar refractivity (Wildman–Crippen MR) is 64.0 cm³/mol. The second kappa shape index (κ2) is 4.84. The SMILES string of the molecule is CCc1n[nH]c(CN2CCC(C)(C#N)CC2)n1. The third kappa shape index (κ3) is 2.83. The molecule has 17 heavy (non-hydrogen) atoms. The lowest BCUT2D eigenvalue weighted by Gasteiger charge is -2.34. The van der Waals surface area contributed by atoms with Crippen LogP contribution in [0, 0.1) is 16.7 Å². The number of piperidine rings is 1. The average Bonchev–Trinajstić information content (AvgIpc) is 2.80. The molecule has 1 N–H and O–H groups in total. The summed E-state index contributed by atoms with van der Waals surface area (Å²) in [6, 6.07) is 2.42. The van der Waals surface area contributed by atoms with Crippen molar-refractivity contribution in [1.29, 1.82) is 5.26 Å². The second-order valence-corrected chi connectivity index (χ2v) is 5.00. The van der Waals surface area contributed by atoms with Crippen molar-refractivity contribution in [3.8, 4) is 6.07 Å². The zero-order chi connectivity index (χ0) is 12.3. The minimum Gasteiger partial charge on any atom is -0.296 e. The van der Waals surface area contributed by atoms with Crippen LogP contribution < -0.4 is 0 Å². The normalized spacial score (nSPS) is 20.1. The molecule has 0 saturated carbocycles. The van der Waals surface area contributed by atoms with Gasteiger partial charge in [-0.15, -0.1) is 0 Å². The number of aromatic nitrogens is 3. The summed E-state index contributed by atoms with van der Waals surface area (Å²) in [6.07, 6.45) is 2.75. The fourth-order valence-electron chi connectivity index (χ4n) is 2.09. The summed E-state index contributed by atoms with van der Waals surface area (Å²) in [7, 11) is 0. The molecule has 0 spiro atoms. The van der Waals surface area contributed by atoms with E-state index in [1.54, 1.807) is 0 Å². The molecule has 0 radical (unpaired) electrons. The van der Waals surface area contributed by atoms with Crippen LogP contribution in [-0.2, 0) is 13.0 Å². The van der Waals surface area contributed by atoms with Gasteiger partial charge < -0.3 is 0 Å². The third-order valence-electron chi connectivity index (χ3n) is 3.50. The number of nitrogens with one attached hydrogen (secondary N) is 1. The highest BCUT2D eigenvalue weighted by Crippen LogP contribution is 2.29. The molecule has 5 heteroatoms. The summed E-state index contributed by atoms with van der Waals surface area (Å²) in [5.41, 5.74) is -0.132. The molecule has 1 saturated heterocycles. The lowest BCUT2D eigenvalue weighted by Crippen LogP contribution is -2.37. The zero-order valence-corrected chi connectivity index (χ0v) is 10.5. The first-order valence-corrected chi connectivity index (χ1v) is 6.19. The van der Waals surface area contributed by atoms with Crippen LogP contribution in [0.3, 0.4) is 0 Å². The fraction of sp³-hybridized carbons (Fsp3) is 0.750. The molecule has 1 aromatic rings. The Hall–Kier alpha value is -1.41. The van der Waals surface area contributed by atoms with Crippen LogP contribution in [0.4, 0.5) is 0 Å². The number of nitrogens with zero attached hydrogens (tertiary/aromatic N) is 4. The van der Waals surface area contributed by atoms with Crippen molar-refractivity contribution in [2.45, 2.75) is 39.7 Å². The van der Waals surface area contributed by atoms with Gasteiger partial charge in [-0.3, -0.25) is 10.00 Å². The number of H-pyrrole nitrogens is 1. The van der Waals surface area contributed by atoms with E-state index in [1.807, 2.05) is 13.8 Å². The van der Waals surface area contributed by atoms with Gasteiger partial charge in [0.25, 0.3) is 0 Å². The van der Waals surface area contributed by atoms with Crippen LogP contribution in [0.15, 0.2) is 0 Å². The minimum absolute atomic E-state index is 0.132. The maximum atomic E-state index is 9.06. The van der Waals surface area contributed by atoms with Gasteiger partial charge in [0.1, 0.15) is 11.6 Å². The molecule has 2 heterocycles. The Kier molecular flexibility index (Phi) is 3.43. The van der Waals surface area contributed by atoms with Crippen LogP contribution in [0.25, 0.3) is 0 Å². The molecule has 92 valence electrons. The third-order valence-corrected chi connectivity index (χ3v) is 3.50. The first kappa shape index (κ1) is 12.1. The summed E-state index contributed by atoms with van der Waals surface area (Å²) >= 11 is 0. The van der Waals surface area contributed by atoms with Crippen molar-refractivity contribution >= 4 is 0 Å². The summed E-state index contributed by atoms with van der Waals surface area (Å²) in [4.78, 5) is 6.74. The standard InChI is InChI=1S/C12H19N5/c1-3-10-14-11(16-15-10)8-17-6-4-12(2,9-13)5-7-17/h3-8H2,1-2H3,(H,14,15,16). The van der Waals surface area contributed by atoms with E-state index in [2.05, 4.69) is 26.2 Å². The summed E-state index contributed by atoms with van der Waals surface area (Å²) in [5, 5.41) is 16.2. The Morgan fingerprint density at radius 3 is 2.71 bits per heavy atom. The molecule has 0 amide bonds. The van der Waals surface area contributed by atoms with E-state index < -0.39 is 0 Å². The maximum Gasteiger partial charge on any atom is 0.150 e. The van der Waals surface area contributed by atoms with Crippen LogP contribution in [-0.4, -0.2) is 33.2 Å². The Bertz CT molecular complexity index is 409. The van der Waals surface area contributed by atoms with Gasteiger partial charge in [-0.1, -0.05) is 6.92 Å². The Balaban J connectivity index is 1.88. The predicted octanol–water partition coefficient (Wildman–Crippen LogP) is 1.49. The molecule has 0 aliphatic carbocycles. The first-order valence-electron chi connectivity index (χ1n) is 6.19. The number of rotatable bonds is 3. The molecular weight excluding hydrogens is 214 g/mol. The van der Waals surface area contributed by atoms with Crippen LogP contribution in [0.5, 0.6) is 0 Å². The summed E-state index contributed by atoms with van der Waals surface area (Å²) in [5.74, 6) is 1.81. The van der Waals surface area contributed by atoms with E-state index >= 15 is 0 Å². The molecule has 0 atom stereocenters. The molecule has 0 aromatic carbocycles. The fourth-order valence-corrected chi connectivity index (χ4v) is 2.09. The topological polar surface area (TPSA) is 68.6 Å². The highest BCUT2D eigenvalue weighted by atomic mass is 15.2. The van der Waals surface area contributed by atoms with Gasteiger partial charge in [-0.25, -0.2) is 4.98 Å². The highest BCUT2D eigenvalue weighted by Gasteiger charge is 2.29. The zero-order valence-electron chi connectivity index (χ0n) is 10.5. The molecule has 2 rings (SSSR count). The number of aromatic amines is 1. The van der Waals surface area contributed by atoms with Gasteiger partial charge in [0, 0.05) is 19.5 Å². The summed E-state index contributed by atoms with van der Waals surface area (Å²) < 4.78 is 0. The largest absolute Gasteiger partial charge is 0.296 e. The van der Waals surface area contributed by atoms with Crippen molar-refractivity contribution in [2.24, 2.45) is 5.41 Å². The lowest BCUT2D eigenvalue weighted by molar-refractivity contribution is 0.147. The van der Waals surface area contributed by atoms with Gasteiger partial charge >= 0.3 is 0 Å². The molecule has 1 aromatic heterocycles. The highest BCUT2D eigenvalue weighted by molar-refractivity contribution is 4.99. The van der Waals surface area contributed by atoms with Gasteiger partial charge in [-0.2, -0.15) is 10.4 Å². The molecule has 5 nitrogen and oxygen atoms in total. The van der Waals surface area contributed by atoms with E-state index in [9.17, 15) is 0 Å². The molecule has 1 fully saturated rings. The smallest absolute Gasteiger partial charge is 0.150 e. The number of hydrogen-bond donors (Lipinski definition) is 1. The quantitative estimate of drug-likeness (QED) is 0.858. The Morgan fingerprint density at radius 1 is 1.47 bits per heavy atom. The van der Waals surface area contributed by atoms with Crippen LogP contribution in [0.1, 0.15) is 38.3 Å². The van der Waals surface area contributed by atoms with E-state index in [4.69, 9.17) is 5.26 Å². The molecule has 0 bridgehead atoms. The van der Waals surface area contributed by atoms with E-state index in [1.165, 1.54) is 0 Å². The van der Waals surface area contributed by atoms with Gasteiger partial charge in [0.05, 0.1) is 18.0 Å². The van der Waals surface area contributed by atoms with Crippen molar-refractivity contribution in [1.82, 2.24) is 20.1 Å². The van der Waals surface area contributed by atoms with E-state index in [0.29, 0.717) is 0 Å². The van der Waals surface area contributed by atoms with Gasteiger partial charge in [0.15, 0.2) is 0 Å². The van der Waals surface area contributed by atoms with Crippen molar-refractivity contribution < 1.29 is 0 Å². The molecule has 0 unspecified atom stereocenters. The van der Waals surface area contributed by atoms with E-state index in [0.717, 1.165) is 50.5 Å². The number of hydrogen-bond acceptors (Lipinski definition) is 4. The number of aryl methyl sites for hydroxylation is 1. The van der Waals surface area contributed by atoms with Crippen molar-refractivity contribution in [2.75, 3.05) is 13.1 Å². The van der Waals surface area contributed by atoms with Crippen LogP contribution >= 0.6 is 0 Å². The Morgan fingerprint density at radius 2 is 2.18 bits per heavy atom. The molecule has 1 aliphatic rings. The monoisotopic (exact) mass is 233 g/mol. The van der Waals surface area contributed by atoms with Gasteiger partial charge in [0.2, 0.25) is 0 Å². The summed E-state index contributed by atoms with van der Waals surface area (Å²) in [6.45, 7) is 6.84. The van der Waals surface area contributed by atoms with Crippen molar-refractivity contribution in [3.05, 3.63) is 11.6 Å². The minimum atomic E-state index is -0.132. The molecule has 1 aliphatic heterocycles. The maximum absolute atomic E-state index is 9.06. The van der Waals surface area contributed by atoms with Crippen molar-refractivity contribution in [3.63, 3.8) is 0 Å². The molecular formula is C12H19N5. The number of likely N-dealkylation sites (tertiary alicyclic amines) is 1. The number of nitriles is 1. The van der Waals surface area contributed by atoms with Crippen LogP contribution in [0.2, 0.25) is 0 Å². The second-order valence-electron chi connectivity index (χ2n) is 5.00. The average molecular weight is 233 g/mol.